The van der Waals surface area contributed by atoms with Crippen LogP contribution < -0.4 is 9.30 Å². The summed E-state index contributed by atoms with van der Waals surface area (Å²) in [5.41, 5.74) is 9.20. The first kappa shape index (κ1) is 32.9. The van der Waals surface area contributed by atoms with Crippen molar-refractivity contribution in [2.45, 2.75) is 0 Å². The van der Waals surface area contributed by atoms with Crippen LogP contribution >= 0.6 is 0 Å². The fourth-order valence-electron chi connectivity index (χ4n) is 7.85. The van der Waals surface area contributed by atoms with Gasteiger partial charge < -0.3 is 18.4 Å². The molecule has 4 aromatic heterocycles. The van der Waals surface area contributed by atoms with Crippen LogP contribution in [0, 0.1) is 18.5 Å². The fourth-order valence-corrected chi connectivity index (χ4v) is 7.85. The van der Waals surface area contributed by atoms with Gasteiger partial charge in [0.1, 0.15) is 5.82 Å². The molecule has 0 aliphatic carbocycles. The molecule has 0 saturated carbocycles. The van der Waals surface area contributed by atoms with Crippen molar-refractivity contribution in [3.63, 3.8) is 0 Å². The van der Waals surface area contributed by atoms with Crippen LogP contribution in [0.2, 0.25) is 0 Å². The molecule has 0 aliphatic heterocycles. The summed E-state index contributed by atoms with van der Waals surface area (Å²) in [7, 11) is 0. The van der Waals surface area contributed by atoms with Crippen LogP contribution in [0.15, 0.2) is 176 Å². The van der Waals surface area contributed by atoms with Gasteiger partial charge in [0.25, 0.3) is 6.33 Å². The third-order valence-electron chi connectivity index (χ3n) is 10.1. The molecule has 55 heavy (non-hydrogen) atoms. The largest absolute Gasteiger partial charge is 0.510 e. The van der Waals surface area contributed by atoms with Crippen molar-refractivity contribution in [3.05, 3.63) is 195 Å². The molecule has 11 rings (SSSR count). The first-order valence-electron chi connectivity index (χ1n) is 17.9. The molecule has 7 heteroatoms. The standard InChI is InChI=1S/C48H29N5O.Pt/c1-2-14-33(15-3-1)52-41-21-6-5-19-38(41)40-20-13-25-45(48(40)52)51-32-50(43-23-8-9-24-44(43)51)34-16-12-17-35(30-34)54-36-27-28-39-37-18-4-7-22-42(37)53(46(39)31-36)47-26-10-11-29-49-47;/h1-29H;/q-2;. The van der Waals surface area contributed by atoms with E-state index in [0.717, 1.165) is 66.8 Å². The molecule has 0 amide bonds. The van der Waals surface area contributed by atoms with Crippen LogP contribution in [0.4, 0.5) is 0 Å². The summed E-state index contributed by atoms with van der Waals surface area (Å²) in [6, 6.07) is 65.5. The van der Waals surface area contributed by atoms with Gasteiger partial charge in [0.2, 0.25) is 0 Å². The van der Waals surface area contributed by atoms with Crippen LogP contribution in [-0.4, -0.2) is 18.7 Å². The van der Waals surface area contributed by atoms with E-state index in [1.54, 1.807) is 0 Å². The zero-order valence-electron chi connectivity index (χ0n) is 29.2. The monoisotopic (exact) mass is 886 g/mol. The van der Waals surface area contributed by atoms with E-state index in [0.29, 0.717) is 11.5 Å². The van der Waals surface area contributed by atoms with E-state index in [1.165, 1.54) is 10.8 Å². The second-order valence-electron chi connectivity index (χ2n) is 13.2. The van der Waals surface area contributed by atoms with Crippen LogP contribution in [0.25, 0.3) is 77.5 Å². The minimum Gasteiger partial charge on any atom is -0.510 e. The molecule has 0 radical (unpaired) electrons. The van der Waals surface area contributed by atoms with Crippen molar-refractivity contribution >= 4 is 54.6 Å². The molecular weight excluding hydrogens is 858 g/mol. The van der Waals surface area contributed by atoms with Gasteiger partial charge in [-0.3, -0.25) is 4.57 Å². The number of imidazole rings is 1. The van der Waals surface area contributed by atoms with E-state index in [9.17, 15) is 0 Å². The quantitative estimate of drug-likeness (QED) is 0.123. The van der Waals surface area contributed by atoms with Gasteiger partial charge in [0.15, 0.2) is 0 Å². The second-order valence-corrected chi connectivity index (χ2v) is 13.2. The van der Waals surface area contributed by atoms with E-state index in [4.69, 9.17) is 4.74 Å². The van der Waals surface area contributed by atoms with E-state index in [2.05, 4.69) is 163 Å². The summed E-state index contributed by atoms with van der Waals surface area (Å²) < 4.78 is 15.2. The van der Waals surface area contributed by atoms with Gasteiger partial charge in [0.05, 0.1) is 27.8 Å². The summed E-state index contributed by atoms with van der Waals surface area (Å²) in [6.45, 7) is 0. The van der Waals surface area contributed by atoms with Crippen LogP contribution in [0.1, 0.15) is 0 Å². The number of para-hydroxylation sites is 6. The Morgan fingerprint density at radius 3 is 2.00 bits per heavy atom. The zero-order chi connectivity index (χ0) is 35.6. The molecule has 11 aromatic rings. The molecular formula is C48H29N5OPt-2. The van der Waals surface area contributed by atoms with Crippen LogP contribution in [-0.2, 0) is 21.1 Å². The Morgan fingerprint density at radius 1 is 0.509 bits per heavy atom. The molecule has 0 atom stereocenters. The van der Waals surface area contributed by atoms with Gasteiger partial charge in [-0.05, 0) is 53.5 Å². The molecule has 264 valence electrons. The summed E-state index contributed by atoms with van der Waals surface area (Å²) in [6.07, 6.45) is 5.52. The summed E-state index contributed by atoms with van der Waals surface area (Å²) in [5.74, 6) is 1.99. The minimum atomic E-state index is 0. The van der Waals surface area contributed by atoms with Gasteiger partial charge in [-0.15, -0.1) is 29.7 Å². The fraction of sp³-hybridized carbons (Fsp3) is 0. The van der Waals surface area contributed by atoms with Crippen molar-refractivity contribution < 1.29 is 30.4 Å². The van der Waals surface area contributed by atoms with E-state index < -0.39 is 0 Å². The molecule has 7 aromatic carbocycles. The van der Waals surface area contributed by atoms with Crippen LogP contribution in [0.3, 0.4) is 0 Å². The predicted octanol–water partition coefficient (Wildman–Crippen LogP) is 10.7. The Morgan fingerprint density at radius 2 is 1.18 bits per heavy atom. The third-order valence-corrected chi connectivity index (χ3v) is 10.1. The maximum absolute atomic E-state index is 6.51. The van der Waals surface area contributed by atoms with Crippen molar-refractivity contribution in [1.82, 2.24) is 18.7 Å². The summed E-state index contributed by atoms with van der Waals surface area (Å²) >= 11 is 0. The Kier molecular flexibility index (Phi) is 7.93. The molecule has 0 spiro atoms. The summed E-state index contributed by atoms with van der Waals surface area (Å²) in [5, 5.41) is 4.61. The Balaban J connectivity index is 0.00000372. The maximum Gasteiger partial charge on any atom is 0.268 e. The van der Waals surface area contributed by atoms with Crippen LogP contribution in [0.5, 0.6) is 11.5 Å². The Labute approximate surface area is 331 Å². The normalized spacial score (nSPS) is 11.5. The number of fused-ring (bicyclic) bond motifs is 7. The molecule has 6 nitrogen and oxygen atoms in total. The Bertz CT molecular complexity index is 3200. The van der Waals surface area contributed by atoms with Gasteiger partial charge in [-0.2, -0.15) is 18.2 Å². The van der Waals surface area contributed by atoms with E-state index >= 15 is 0 Å². The van der Waals surface area contributed by atoms with Crippen molar-refractivity contribution in [2.24, 2.45) is 0 Å². The number of nitrogens with zero attached hydrogens (tertiary/aromatic N) is 5. The first-order chi connectivity index (χ1) is 26.8. The number of rotatable bonds is 6. The summed E-state index contributed by atoms with van der Waals surface area (Å²) in [4.78, 5) is 4.66. The molecule has 0 N–H and O–H groups in total. The number of benzene rings is 7. The molecule has 0 bridgehead atoms. The zero-order valence-corrected chi connectivity index (χ0v) is 31.5. The van der Waals surface area contributed by atoms with Gasteiger partial charge in [-0.1, -0.05) is 103 Å². The molecule has 0 aliphatic rings. The van der Waals surface area contributed by atoms with Crippen molar-refractivity contribution in [2.75, 3.05) is 0 Å². The van der Waals surface area contributed by atoms with Crippen molar-refractivity contribution in [1.29, 1.82) is 0 Å². The molecule has 0 saturated heterocycles. The molecule has 4 heterocycles. The molecule has 0 unspecified atom stereocenters. The van der Waals surface area contributed by atoms with E-state index in [-0.39, 0.29) is 21.1 Å². The van der Waals surface area contributed by atoms with Gasteiger partial charge in [-0.25, -0.2) is 4.98 Å². The van der Waals surface area contributed by atoms with Crippen molar-refractivity contribution in [3.8, 4) is 34.4 Å². The maximum atomic E-state index is 6.51. The average molecular weight is 887 g/mol. The number of hydrogen-bond donors (Lipinski definition) is 0. The third kappa shape index (κ3) is 5.29. The number of aromatic nitrogens is 5. The topological polar surface area (TPSA) is 40.8 Å². The Hall–Kier alpha value is -6.75. The number of pyridine rings is 1. The van der Waals surface area contributed by atoms with Gasteiger partial charge in [0, 0.05) is 60.7 Å². The smallest absolute Gasteiger partial charge is 0.268 e. The van der Waals surface area contributed by atoms with Gasteiger partial charge >= 0.3 is 0 Å². The minimum absolute atomic E-state index is 0. The first-order valence-corrected chi connectivity index (χ1v) is 17.9. The molecule has 0 fully saturated rings. The number of hydrogen-bond acceptors (Lipinski definition) is 2. The SMILES string of the molecule is [Pt].[c-]1c(Oc2[c-]c3c(cc2)c2ccccc2n3-c2ccccn2)cccc1-n1[c-][n+](-c2cccc3c4ccccc4n(-c4ccccc4)c23)c2ccccc21. The average Bonchev–Trinajstić information content (AvgIpc) is 3.90. The number of ether oxygens (including phenoxy) is 1. The predicted molar refractivity (Wildman–Crippen MR) is 214 cm³/mol. The second kappa shape index (κ2) is 13.3. The van der Waals surface area contributed by atoms with E-state index in [1.807, 2.05) is 54.7 Å².